The number of halogens is 3. The molecule has 0 aliphatic heterocycles. The number of hydrogen-bond acceptors (Lipinski definition) is 5. The van der Waals surface area contributed by atoms with Gasteiger partial charge in [0.05, 0.1) is 17.5 Å². The predicted octanol–water partition coefficient (Wildman–Crippen LogP) is 3.01. The first-order valence-corrected chi connectivity index (χ1v) is 6.72. The third kappa shape index (κ3) is 2.87. The normalized spacial score (nSPS) is 16.9. The number of aromatic nitrogens is 3. The molecule has 5 nitrogen and oxygen atoms in total. The zero-order valence-electron chi connectivity index (χ0n) is 11.4. The van der Waals surface area contributed by atoms with Gasteiger partial charge in [0.2, 0.25) is 5.95 Å². The molecule has 1 saturated carbocycles. The van der Waals surface area contributed by atoms with Gasteiger partial charge < -0.3 is 10.4 Å². The van der Waals surface area contributed by atoms with E-state index in [-0.39, 0.29) is 5.95 Å². The van der Waals surface area contributed by atoms with Crippen molar-refractivity contribution in [3.8, 4) is 0 Å². The highest BCUT2D eigenvalue weighted by Gasteiger charge is 2.36. The Labute approximate surface area is 124 Å². The zero-order valence-corrected chi connectivity index (χ0v) is 11.4. The fourth-order valence-corrected chi connectivity index (χ4v) is 2.27. The Morgan fingerprint density at radius 2 is 2.00 bits per heavy atom. The number of anilines is 2. The lowest BCUT2D eigenvalue weighted by molar-refractivity contribution is -0.141. The highest BCUT2D eigenvalue weighted by atomic mass is 19.4. The molecule has 1 fully saturated rings. The summed E-state index contributed by atoms with van der Waals surface area (Å²) in [5.74, 6) is -0.172. The van der Waals surface area contributed by atoms with E-state index in [0.717, 1.165) is 18.7 Å². The third-order valence-corrected chi connectivity index (χ3v) is 3.66. The van der Waals surface area contributed by atoms with Crippen molar-refractivity contribution in [2.24, 2.45) is 0 Å². The van der Waals surface area contributed by atoms with Crippen LogP contribution in [0.3, 0.4) is 0 Å². The van der Waals surface area contributed by atoms with Gasteiger partial charge >= 0.3 is 6.18 Å². The number of hydrogen-bond donors (Lipinski definition) is 2. The van der Waals surface area contributed by atoms with Gasteiger partial charge in [0, 0.05) is 18.0 Å². The van der Waals surface area contributed by atoms with Crippen LogP contribution in [0.2, 0.25) is 0 Å². The van der Waals surface area contributed by atoms with Crippen molar-refractivity contribution in [3.63, 3.8) is 0 Å². The molecule has 0 atom stereocenters. The third-order valence-electron chi connectivity index (χ3n) is 3.66. The molecule has 0 amide bonds. The molecule has 8 heteroatoms. The van der Waals surface area contributed by atoms with Crippen LogP contribution in [0, 0.1) is 0 Å². The number of alkyl halides is 3. The van der Waals surface area contributed by atoms with Crippen LogP contribution in [0.1, 0.15) is 30.5 Å². The van der Waals surface area contributed by atoms with Gasteiger partial charge in [0.15, 0.2) is 0 Å². The van der Waals surface area contributed by atoms with E-state index in [0.29, 0.717) is 24.1 Å². The summed E-state index contributed by atoms with van der Waals surface area (Å²) in [6, 6.07) is 2.45. The molecule has 2 aromatic rings. The Kier molecular flexibility index (Phi) is 3.48. The summed E-state index contributed by atoms with van der Waals surface area (Å²) in [7, 11) is 0. The van der Waals surface area contributed by atoms with Crippen LogP contribution in [0.5, 0.6) is 0 Å². The standard InChI is InChI=1S/C14H13F3N4O/c15-14(16,17)11-2-5-19-12(21-11)20-10-6-9(7-18-8-10)13(22)3-1-4-13/h2,5-8,22H,1,3-4H2,(H,19,20,21). The molecule has 0 saturated heterocycles. The highest BCUT2D eigenvalue weighted by molar-refractivity contribution is 5.53. The molecule has 2 N–H and O–H groups in total. The summed E-state index contributed by atoms with van der Waals surface area (Å²) in [4.78, 5) is 11.2. The number of nitrogens with zero attached hydrogens (tertiary/aromatic N) is 3. The summed E-state index contributed by atoms with van der Waals surface area (Å²) in [5, 5.41) is 13.0. The van der Waals surface area contributed by atoms with Gasteiger partial charge in [-0.3, -0.25) is 4.98 Å². The minimum atomic E-state index is -4.53. The molecule has 1 aliphatic carbocycles. The predicted molar refractivity (Wildman–Crippen MR) is 72.3 cm³/mol. The summed E-state index contributed by atoms with van der Waals surface area (Å²) in [6.07, 6.45) is 1.74. The summed E-state index contributed by atoms with van der Waals surface area (Å²) in [5.41, 5.74) is -0.848. The van der Waals surface area contributed by atoms with E-state index in [1.807, 2.05) is 0 Å². The quantitative estimate of drug-likeness (QED) is 0.912. The van der Waals surface area contributed by atoms with E-state index in [9.17, 15) is 18.3 Å². The average Bonchev–Trinajstić information content (AvgIpc) is 2.44. The monoisotopic (exact) mass is 310 g/mol. The molecular formula is C14H13F3N4O. The van der Waals surface area contributed by atoms with E-state index < -0.39 is 17.5 Å². The SMILES string of the molecule is OC1(c2cncc(Nc3nccc(C(F)(F)F)n3)c2)CCC1. The van der Waals surface area contributed by atoms with Crippen molar-refractivity contribution in [3.05, 3.63) is 42.0 Å². The first-order valence-electron chi connectivity index (χ1n) is 6.72. The molecule has 1 aliphatic rings. The van der Waals surface area contributed by atoms with Crippen molar-refractivity contribution in [2.45, 2.75) is 31.0 Å². The fraction of sp³-hybridized carbons (Fsp3) is 0.357. The summed E-state index contributed by atoms with van der Waals surface area (Å²) in [6.45, 7) is 0. The minimum absolute atomic E-state index is 0.172. The Morgan fingerprint density at radius 1 is 1.23 bits per heavy atom. The maximum Gasteiger partial charge on any atom is 0.433 e. The number of pyridine rings is 1. The van der Waals surface area contributed by atoms with E-state index in [1.54, 1.807) is 12.3 Å². The lowest BCUT2D eigenvalue weighted by Crippen LogP contribution is -2.33. The first kappa shape index (κ1) is 14.7. The highest BCUT2D eigenvalue weighted by Crippen LogP contribution is 2.41. The lowest BCUT2D eigenvalue weighted by Gasteiger charge is -2.36. The van der Waals surface area contributed by atoms with Crippen LogP contribution >= 0.6 is 0 Å². The zero-order chi connectivity index (χ0) is 15.8. The van der Waals surface area contributed by atoms with E-state index >= 15 is 0 Å². The fourth-order valence-electron chi connectivity index (χ4n) is 2.27. The van der Waals surface area contributed by atoms with Crippen LogP contribution in [-0.4, -0.2) is 20.1 Å². The Bertz CT molecular complexity index is 686. The molecule has 0 aromatic carbocycles. The van der Waals surface area contributed by atoms with Crippen molar-refractivity contribution in [1.29, 1.82) is 0 Å². The molecule has 116 valence electrons. The van der Waals surface area contributed by atoms with Crippen molar-refractivity contribution in [1.82, 2.24) is 15.0 Å². The molecule has 2 heterocycles. The van der Waals surface area contributed by atoms with Gasteiger partial charge in [-0.2, -0.15) is 13.2 Å². The average molecular weight is 310 g/mol. The molecule has 0 radical (unpaired) electrons. The van der Waals surface area contributed by atoms with Gasteiger partial charge in [-0.1, -0.05) is 0 Å². The second kappa shape index (κ2) is 5.20. The number of rotatable bonds is 3. The molecular weight excluding hydrogens is 297 g/mol. The molecule has 2 aromatic heterocycles. The van der Waals surface area contributed by atoms with Gasteiger partial charge in [0.1, 0.15) is 5.69 Å². The second-order valence-corrected chi connectivity index (χ2v) is 5.24. The van der Waals surface area contributed by atoms with Gasteiger partial charge in [-0.25, -0.2) is 9.97 Å². The van der Waals surface area contributed by atoms with Crippen molar-refractivity contribution >= 4 is 11.6 Å². The molecule has 0 bridgehead atoms. The van der Waals surface area contributed by atoms with E-state index in [1.165, 1.54) is 6.20 Å². The topological polar surface area (TPSA) is 70.9 Å². The van der Waals surface area contributed by atoms with Crippen LogP contribution in [0.15, 0.2) is 30.7 Å². The summed E-state index contributed by atoms with van der Waals surface area (Å²) < 4.78 is 37.9. The lowest BCUT2D eigenvalue weighted by atomic mass is 9.76. The van der Waals surface area contributed by atoms with Crippen LogP contribution in [0.4, 0.5) is 24.8 Å². The van der Waals surface area contributed by atoms with Gasteiger partial charge in [0.25, 0.3) is 0 Å². The maximum absolute atomic E-state index is 12.6. The number of nitrogens with one attached hydrogen (secondary N) is 1. The minimum Gasteiger partial charge on any atom is -0.385 e. The van der Waals surface area contributed by atoms with Crippen molar-refractivity contribution < 1.29 is 18.3 Å². The molecule has 3 rings (SSSR count). The largest absolute Gasteiger partial charge is 0.433 e. The van der Waals surface area contributed by atoms with Crippen LogP contribution in [0.25, 0.3) is 0 Å². The molecule has 22 heavy (non-hydrogen) atoms. The maximum atomic E-state index is 12.6. The van der Waals surface area contributed by atoms with Gasteiger partial charge in [-0.05, 0) is 31.4 Å². The Morgan fingerprint density at radius 3 is 2.64 bits per heavy atom. The smallest absolute Gasteiger partial charge is 0.385 e. The van der Waals surface area contributed by atoms with Gasteiger partial charge in [-0.15, -0.1) is 0 Å². The second-order valence-electron chi connectivity index (χ2n) is 5.24. The van der Waals surface area contributed by atoms with Crippen LogP contribution < -0.4 is 5.32 Å². The van der Waals surface area contributed by atoms with Crippen molar-refractivity contribution in [2.75, 3.05) is 5.32 Å². The van der Waals surface area contributed by atoms with Crippen LogP contribution in [-0.2, 0) is 11.8 Å². The molecule has 0 unspecified atom stereocenters. The molecule has 0 spiro atoms. The summed E-state index contributed by atoms with van der Waals surface area (Å²) >= 11 is 0. The Balaban J connectivity index is 1.83. The van der Waals surface area contributed by atoms with E-state index in [2.05, 4.69) is 20.3 Å². The Hall–Kier alpha value is -2.22. The van der Waals surface area contributed by atoms with E-state index in [4.69, 9.17) is 0 Å². The first-order chi connectivity index (χ1) is 10.4. The number of aliphatic hydroxyl groups is 1.